The fourth-order valence-corrected chi connectivity index (χ4v) is 12.7. The number of ketones is 1. The lowest BCUT2D eigenvalue weighted by molar-refractivity contribution is -0.344. The van der Waals surface area contributed by atoms with Gasteiger partial charge < -0.3 is 59.4 Å². The number of esters is 1. The van der Waals surface area contributed by atoms with E-state index < -0.39 is 78.3 Å². The summed E-state index contributed by atoms with van der Waals surface area (Å²) in [4.78, 5) is 26.8. The van der Waals surface area contributed by atoms with E-state index in [-0.39, 0.29) is 78.4 Å². The van der Waals surface area contributed by atoms with E-state index in [0.29, 0.717) is 6.42 Å². The predicted octanol–water partition coefficient (Wildman–Crippen LogP) is 2.15. The number of ether oxygens (including phenoxy) is 5. The minimum absolute atomic E-state index is 0.00571. The van der Waals surface area contributed by atoms with Gasteiger partial charge in [-0.3, -0.25) is 9.59 Å². The quantitative estimate of drug-likeness (QED) is 0.0957. The van der Waals surface area contributed by atoms with Crippen molar-refractivity contribution in [1.29, 1.82) is 0 Å². The molecule has 0 amide bonds. The molecule has 0 aromatic carbocycles. The minimum atomic E-state index is -1.62. The number of aliphatic hydroxyl groups is 7. The molecule has 3 heterocycles. The first-order valence-corrected chi connectivity index (χ1v) is 20.8. The molecule has 320 valence electrons. The van der Waals surface area contributed by atoms with Crippen molar-refractivity contribution in [3.8, 4) is 0 Å². The van der Waals surface area contributed by atoms with Crippen molar-refractivity contribution in [3.05, 3.63) is 11.6 Å². The zero-order chi connectivity index (χ0) is 41.3. The van der Waals surface area contributed by atoms with Crippen molar-refractivity contribution in [2.24, 2.45) is 45.3 Å². The third-order valence-corrected chi connectivity index (χ3v) is 15.8. The number of cyclic esters (lactones) is 1. The summed E-state index contributed by atoms with van der Waals surface area (Å²) in [6.07, 6.45) is -8.21. The van der Waals surface area contributed by atoms with E-state index in [1.165, 1.54) is 6.92 Å². The molecule has 6 fully saturated rings. The first kappa shape index (κ1) is 44.0. The highest BCUT2D eigenvalue weighted by Gasteiger charge is 2.71. The van der Waals surface area contributed by atoms with Crippen molar-refractivity contribution in [2.45, 2.75) is 180 Å². The van der Waals surface area contributed by atoms with Crippen LogP contribution in [0.3, 0.4) is 0 Å². The highest BCUT2D eigenvalue weighted by atomic mass is 16.7. The summed E-state index contributed by atoms with van der Waals surface area (Å²) in [5, 5.41) is 74.0. The van der Waals surface area contributed by atoms with Crippen molar-refractivity contribution in [3.63, 3.8) is 0 Å². The third-order valence-electron chi connectivity index (χ3n) is 15.8. The second-order valence-corrected chi connectivity index (χ2v) is 19.5. The Balaban J connectivity index is 1.17. The van der Waals surface area contributed by atoms with Crippen molar-refractivity contribution < 1.29 is 69.0 Å². The summed E-state index contributed by atoms with van der Waals surface area (Å²) in [7, 11) is 0. The summed E-state index contributed by atoms with van der Waals surface area (Å²) in [6, 6.07) is 0. The Morgan fingerprint density at radius 3 is 2.16 bits per heavy atom. The van der Waals surface area contributed by atoms with E-state index in [0.717, 1.165) is 37.7 Å². The summed E-state index contributed by atoms with van der Waals surface area (Å²) in [5.41, 5.74) is -0.432. The minimum Gasteiger partial charge on any atom is -0.465 e. The predicted molar refractivity (Wildman–Crippen MR) is 200 cm³/mol. The summed E-state index contributed by atoms with van der Waals surface area (Å²) in [5.74, 6) is -0.214. The van der Waals surface area contributed by atoms with E-state index in [1.807, 2.05) is 20.8 Å². The third kappa shape index (κ3) is 7.45. The molecule has 56 heavy (non-hydrogen) atoms. The van der Waals surface area contributed by atoms with Gasteiger partial charge in [-0.25, -0.2) is 0 Å². The lowest BCUT2D eigenvalue weighted by Gasteiger charge is -2.70. The molecule has 1 spiro atoms. The average molecular weight is 797 g/mol. The van der Waals surface area contributed by atoms with Crippen LogP contribution < -0.4 is 0 Å². The molecule has 14 heteroatoms. The van der Waals surface area contributed by atoms with Gasteiger partial charge in [0, 0.05) is 17.8 Å². The molecule has 3 saturated heterocycles. The molecule has 3 aliphatic heterocycles. The maximum absolute atomic E-state index is 13.7. The van der Waals surface area contributed by atoms with Crippen LogP contribution in [-0.2, 0) is 33.3 Å². The van der Waals surface area contributed by atoms with Crippen LogP contribution in [0.2, 0.25) is 0 Å². The summed E-state index contributed by atoms with van der Waals surface area (Å²) >= 11 is 0. The van der Waals surface area contributed by atoms with Gasteiger partial charge in [-0.15, -0.1) is 0 Å². The summed E-state index contributed by atoms with van der Waals surface area (Å²) < 4.78 is 29.6. The maximum atomic E-state index is 13.7. The van der Waals surface area contributed by atoms with Crippen LogP contribution in [0.15, 0.2) is 11.6 Å². The van der Waals surface area contributed by atoms with Gasteiger partial charge in [0.2, 0.25) is 0 Å². The highest BCUT2D eigenvalue weighted by molar-refractivity contribution is 5.82. The van der Waals surface area contributed by atoms with Gasteiger partial charge in [0.15, 0.2) is 12.6 Å². The van der Waals surface area contributed by atoms with Crippen LogP contribution in [0.4, 0.5) is 0 Å². The first-order valence-electron chi connectivity index (χ1n) is 20.8. The Hall–Kier alpha value is -1.56. The maximum Gasteiger partial charge on any atom is 0.306 e. The normalized spacial score (nSPS) is 48.7. The molecule has 14 nitrogen and oxygen atoms in total. The Bertz CT molecular complexity index is 1470. The Labute approximate surface area is 330 Å². The standard InChI is InChI=1S/C42H68O14/c1-20(2)15-23(43)16-25(44)21(3)24-9-10-28-40(7)13-12-29(39(5,6)27(40)11-14-41(28,8)42(24)17-30(45)53-19-42)56-38-36(51)34(49)32(47)26(55-38)18-52-37-35(50)33(48)31(46)22(4)54-37/h15,21-24,26-29,31-38,43,46-51H,9-14,16-19H2,1-8H3. The number of hydrogen-bond donors (Lipinski definition) is 7. The molecule has 19 unspecified atom stereocenters. The number of carbonyl (C=O) groups excluding carboxylic acids is 2. The molecule has 3 aliphatic carbocycles. The first-order chi connectivity index (χ1) is 26.1. The molecule has 19 atom stereocenters. The van der Waals surface area contributed by atoms with Crippen LogP contribution in [0.25, 0.3) is 0 Å². The van der Waals surface area contributed by atoms with Gasteiger partial charge >= 0.3 is 5.97 Å². The van der Waals surface area contributed by atoms with Crippen LogP contribution in [-0.4, -0.2) is 134 Å². The lowest BCUT2D eigenvalue weighted by atomic mass is 9.34. The monoisotopic (exact) mass is 796 g/mol. The molecule has 0 radical (unpaired) electrons. The van der Waals surface area contributed by atoms with Gasteiger partial charge in [-0.2, -0.15) is 0 Å². The van der Waals surface area contributed by atoms with Gasteiger partial charge in [-0.1, -0.05) is 46.3 Å². The number of carbonyl (C=O) groups is 2. The molecule has 7 N–H and O–H groups in total. The van der Waals surface area contributed by atoms with Gasteiger partial charge in [-0.05, 0) is 93.3 Å². The van der Waals surface area contributed by atoms with E-state index in [1.54, 1.807) is 6.08 Å². The molecule has 0 aromatic heterocycles. The van der Waals surface area contributed by atoms with E-state index in [4.69, 9.17) is 23.7 Å². The van der Waals surface area contributed by atoms with Gasteiger partial charge in [0.1, 0.15) is 48.5 Å². The van der Waals surface area contributed by atoms with Crippen molar-refractivity contribution >= 4 is 11.8 Å². The topological polar surface area (TPSA) is 222 Å². The number of rotatable bonds is 10. The van der Waals surface area contributed by atoms with Crippen LogP contribution in [0.1, 0.15) is 107 Å². The van der Waals surface area contributed by atoms with E-state index in [9.17, 15) is 45.3 Å². The molecule has 0 bridgehead atoms. The van der Waals surface area contributed by atoms with Gasteiger partial charge in [0.25, 0.3) is 0 Å². The van der Waals surface area contributed by atoms with Crippen LogP contribution in [0.5, 0.6) is 0 Å². The molecular weight excluding hydrogens is 728 g/mol. The number of aliphatic hydroxyl groups excluding tert-OH is 7. The fourth-order valence-electron chi connectivity index (χ4n) is 12.7. The molecule has 6 rings (SSSR count). The largest absolute Gasteiger partial charge is 0.465 e. The number of Topliss-reactive ketones (excluding diaryl/α,β-unsaturated/α-hetero) is 1. The Kier molecular flexibility index (Phi) is 12.7. The molecule has 6 aliphatic rings. The summed E-state index contributed by atoms with van der Waals surface area (Å²) in [6.45, 7) is 16.2. The Morgan fingerprint density at radius 2 is 1.52 bits per heavy atom. The van der Waals surface area contributed by atoms with Gasteiger partial charge in [0.05, 0.1) is 37.9 Å². The smallest absolute Gasteiger partial charge is 0.306 e. The Morgan fingerprint density at radius 1 is 0.857 bits per heavy atom. The highest BCUT2D eigenvalue weighted by Crippen LogP contribution is 2.74. The zero-order valence-electron chi connectivity index (χ0n) is 34.4. The number of hydrogen-bond acceptors (Lipinski definition) is 14. The van der Waals surface area contributed by atoms with Crippen molar-refractivity contribution in [1.82, 2.24) is 0 Å². The van der Waals surface area contributed by atoms with E-state index >= 15 is 0 Å². The number of fused-ring (bicyclic) bond motifs is 4. The molecule has 0 aromatic rings. The molecular formula is C42H68O14. The molecule has 3 saturated carbocycles. The zero-order valence-corrected chi connectivity index (χ0v) is 34.4. The number of allylic oxidation sites excluding steroid dienone is 1. The second-order valence-electron chi connectivity index (χ2n) is 19.5. The van der Waals surface area contributed by atoms with Crippen LogP contribution in [0, 0.1) is 45.3 Å². The van der Waals surface area contributed by atoms with E-state index in [2.05, 4.69) is 27.7 Å². The second kappa shape index (κ2) is 16.1. The lowest BCUT2D eigenvalue weighted by Crippen LogP contribution is -2.67. The SMILES string of the molecule is CC(C)=CC(O)CC(=O)C(C)C1CCC2C3(C)CCC(OC4OC(COC5OC(C)C(O)C(O)C5O)C(O)C(O)C4O)C(C)(C)C3CCC2(C)C12COC(=O)C2. The average Bonchev–Trinajstić information content (AvgIpc) is 3.52. The van der Waals surface area contributed by atoms with Crippen LogP contribution >= 0.6 is 0 Å². The fraction of sp³-hybridized carbons (Fsp3) is 0.905. The van der Waals surface area contributed by atoms with Crippen molar-refractivity contribution in [2.75, 3.05) is 13.2 Å².